The zero-order chi connectivity index (χ0) is 29.0. The largest absolute Gasteiger partial charge is 0.434 e. The van der Waals surface area contributed by atoms with E-state index in [9.17, 15) is 27.9 Å². The van der Waals surface area contributed by atoms with Gasteiger partial charge in [0.2, 0.25) is 5.95 Å². The smallest absolute Gasteiger partial charge is 0.398 e. The number of morpholine rings is 1. The molecular weight excluding hydrogens is 533 g/mol. The first-order valence-corrected chi connectivity index (χ1v) is 13.0. The van der Waals surface area contributed by atoms with Gasteiger partial charge in [0.05, 0.1) is 31.9 Å². The summed E-state index contributed by atoms with van der Waals surface area (Å²) in [6.07, 6.45) is -6.88. The van der Waals surface area contributed by atoms with Crippen LogP contribution in [0.25, 0.3) is 11.3 Å². The Balaban J connectivity index is 1.72. The lowest BCUT2D eigenvalue weighted by molar-refractivity contribution is -0.167. The monoisotopic (exact) mass is 566 g/mol. The highest BCUT2D eigenvalue weighted by Gasteiger charge is 2.44. The summed E-state index contributed by atoms with van der Waals surface area (Å²) in [6, 6.07) is 6.75. The number of hydrogen-bond donors (Lipinski definition) is 3. The summed E-state index contributed by atoms with van der Waals surface area (Å²) in [6.45, 7) is 5.98. The molecule has 4 N–H and O–H groups in total. The number of anilines is 3. The molecule has 0 bridgehead atoms. The second-order valence-corrected chi connectivity index (χ2v) is 9.99. The molecule has 14 heteroatoms. The number of primary amides is 1. The highest BCUT2D eigenvalue weighted by Crippen LogP contribution is 2.39. The Morgan fingerprint density at radius 2 is 1.95 bits per heavy atom. The molecule has 0 radical (unpaired) electrons. The molecule has 2 aliphatic heterocycles. The van der Waals surface area contributed by atoms with Gasteiger partial charge in [-0.05, 0) is 38.0 Å². The van der Waals surface area contributed by atoms with E-state index in [1.54, 1.807) is 31.2 Å². The number of ether oxygens (including phenoxy) is 2. The molecule has 1 aromatic carbocycles. The van der Waals surface area contributed by atoms with Gasteiger partial charge in [-0.3, -0.25) is 4.79 Å². The van der Waals surface area contributed by atoms with Gasteiger partial charge in [-0.25, -0.2) is 9.78 Å². The fraction of sp³-hybridized carbons (Fsp3) is 0.538. The predicted molar refractivity (Wildman–Crippen MR) is 141 cm³/mol. The van der Waals surface area contributed by atoms with Crippen LogP contribution in [0.1, 0.15) is 25.3 Å². The van der Waals surface area contributed by atoms with Crippen LogP contribution in [0.2, 0.25) is 0 Å². The van der Waals surface area contributed by atoms with Gasteiger partial charge in [-0.2, -0.15) is 18.2 Å². The number of amides is 1. The van der Waals surface area contributed by atoms with Gasteiger partial charge in [0, 0.05) is 48.9 Å². The van der Waals surface area contributed by atoms with Crippen molar-refractivity contribution in [1.82, 2.24) is 9.97 Å². The van der Waals surface area contributed by atoms with Crippen molar-refractivity contribution in [3.8, 4) is 11.3 Å². The molecule has 0 spiro atoms. The topological polar surface area (TPSA) is 143 Å². The molecule has 1 aromatic heterocycles. The Morgan fingerprint density at radius 3 is 2.60 bits per heavy atom. The maximum absolute atomic E-state index is 13.3. The Kier molecular flexibility index (Phi) is 8.98. The standard InChI is InChI=1S/C26H33F3N6O5/c1-15-3-4-18(35-6-5-17(13-26(27,28)29)23(35)40-24(38)22(30)37)11-19(15)20-12-21(31-16(2)14-36)33-25(32-20)34-7-9-39-10-8-34/h3-4,11-12,16-17,23,36H,5-10,13-14H2,1-2H3,(H2,30,37)(H,31,32,33)/t16-,17+,23?/m1/s1. The summed E-state index contributed by atoms with van der Waals surface area (Å²) < 4.78 is 50.5. The second kappa shape index (κ2) is 12.3. The summed E-state index contributed by atoms with van der Waals surface area (Å²) in [5.74, 6) is -2.88. The maximum atomic E-state index is 13.3. The third-order valence-corrected chi connectivity index (χ3v) is 6.88. The minimum absolute atomic E-state index is 0.0984. The van der Waals surface area contributed by atoms with E-state index in [0.29, 0.717) is 55.0 Å². The van der Waals surface area contributed by atoms with Gasteiger partial charge in [0.1, 0.15) is 5.82 Å². The van der Waals surface area contributed by atoms with Crippen molar-refractivity contribution < 1.29 is 37.3 Å². The van der Waals surface area contributed by atoms with Crippen LogP contribution < -0.4 is 20.9 Å². The summed E-state index contributed by atoms with van der Waals surface area (Å²) in [5, 5.41) is 12.7. The van der Waals surface area contributed by atoms with Gasteiger partial charge >= 0.3 is 18.1 Å². The van der Waals surface area contributed by atoms with E-state index in [-0.39, 0.29) is 25.6 Å². The van der Waals surface area contributed by atoms with Gasteiger partial charge in [0.25, 0.3) is 0 Å². The molecule has 0 aliphatic carbocycles. The van der Waals surface area contributed by atoms with Crippen LogP contribution in [0.3, 0.4) is 0 Å². The van der Waals surface area contributed by atoms with Gasteiger partial charge in [-0.15, -0.1) is 0 Å². The lowest BCUT2D eigenvalue weighted by atomic mass is 10.0. The number of rotatable bonds is 8. The van der Waals surface area contributed by atoms with Crippen molar-refractivity contribution in [1.29, 1.82) is 0 Å². The number of benzene rings is 1. The maximum Gasteiger partial charge on any atom is 0.398 e. The molecule has 40 heavy (non-hydrogen) atoms. The average Bonchev–Trinajstić information content (AvgIpc) is 3.29. The van der Waals surface area contributed by atoms with Crippen LogP contribution in [-0.2, 0) is 19.1 Å². The number of nitrogens with zero attached hydrogens (tertiary/aromatic N) is 4. The van der Waals surface area contributed by atoms with Crippen molar-refractivity contribution in [2.75, 3.05) is 54.6 Å². The van der Waals surface area contributed by atoms with E-state index in [1.165, 1.54) is 4.90 Å². The van der Waals surface area contributed by atoms with E-state index in [0.717, 1.165) is 5.56 Å². The van der Waals surface area contributed by atoms with Crippen molar-refractivity contribution in [3.05, 3.63) is 29.8 Å². The molecule has 0 saturated carbocycles. The van der Waals surface area contributed by atoms with Crippen molar-refractivity contribution in [3.63, 3.8) is 0 Å². The molecule has 4 rings (SSSR count). The zero-order valence-corrected chi connectivity index (χ0v) is 22.3. The molecule has 2 saturated heterocycles. The van der Waals surface area contributed by atoms with Crippen molar-refractivity contribution >= 4 is 29.3 Å². The van der Waals surface area contributed by atoms with E-state index in [2.05, 4.69) is 10.3 Å². The van der Waals surface area contributed by atoms with E-state index in [4.69, 9.17) is 20.2 Å². The number of aryl methyl sites for hydroxylation is 1. The lowest BCUT2D eigenvalue weighted by Gasteiger charge is -2.30. The lowest BCUT2D eigenvalue weighted by Crippen LogP contribution is -2.41. The van der Waals surface area contributed by atoms with Crippen LogP contribution in [0.4, 0.5) is 30.6 Å². The third kappa shape index (κ3) is 7.10. The Hall–Kier alpha value is -3.65. The summed E-state index contributed by atoms with van der Waals surface area (Å²) in [4.78, 5) is 36.3. The zero-order valence-electron chi connectivity index (χ0n) is 22.3. The van der Waals surface area contributed by atoms with Crippen LogP contribution in [0.15, 0.2) is 24.3 Å². The number of carbonyl (C=O) groups is 2. The normalized spacial score (nSPS) is 20.4. The molecule has 2 aliphatic rings. The first-order chi connectivity index (χ1) is 18.9. The van der Waals surface area contributed by atoms with Gasteiger partial charge in [0.15, 0.2) is 6.23 Å². The number of nitrogens with two attached hydrogens (primary N) is 1. The summed E-state index contributed by atoms with van der Waals surface area (Å²) in [7, 11) is 0. The molecule has 3 atom stereocenters. The minimum atomic E-state index is -4.48. The van der Waals surface area contributed by atoms with E-state index < -0.39 is 36.6 Å². The molecule has 1 unspecified atom stereocenters. The highest BCUT2D eigenvalue weighted by atomic mass is 19.4. The molecule has 11 nitrogen and oxygen atoms in total. The quantitative estimate of drug-likeness (QED) is 0.322. The van der Waals surface area contributed by atoms with E-state index in [1.807, 2.05) is 11.8 Å². The van der Waals surface area contributed by atoms with Gasteiger partial charge in [-0.1, -0.05) is 6.07 Å². The first kappa shape index (κ1) is 29.3. The predicted octanol–water partition coefficient (Wildman–Crippen LogP) is 2.21. The number of aliphatic hydroxyl groups excluding tert-OH is 1. The number of nitrogens with one attached hydrogen (secondary N) is 1. The van der Waals surface area contributed by atoms with Crippen LogP contribution in [0, 0.1) is 12.8 Å². The number of halogens is 3. The molecule has 3 heterocycles. The fourth-order valence-electron chi connectivity index (χ4n) is 4.85. The number of esters is 1. The highest BCUT2D eigenvalue weighted by molar-refractivity contribution is 6.31. The number of aliphatic hydroxyl groups is 1. The fourth-order valence-corrected chi connectivity index (χ4v) is 4.85. The Morgan fingerprint density at radius 1 is 1.23 bits per heavy atom. The Bertz CT molecular complexity index is 1220. The van der Waals surface area contributed by atoms with Crippen molar-refractivity contribution in [2.45, 2.75) is 45.1 Å². The Labute approximate surface area is 229 Å². The second-order valence-electron chi connectivity index (χ2n) is 9.99. The SMILES string of the molecule is Cc1ccc(N2CC[C@@H](CC(F)(F)F)C2OC(=O)C(N)=O)cc1-c1cc(N[C@H](C)CO)nc(N2CCOCC2)n1. The summed E-state index contributed by atoms with van der Waals surface area (Å²) >= 11 is 0. The number of alkyl halides is 3. The molecular formula is C26H33F3N6O5. The van der Waals surface area contributed by atoms with Crippen LogP contribution in [0.5, 0.6) is 0 Å². The number of carbonyl (C=O) groups excluding carboxylic acids is 2. The third-order valence-electron chi connectivity index (χ3n) is 6.88. The average molecular weight is 567 g/mol. The van der Waals surface area contributed by atoms with Crippen molar-refractivity contribution in [2.24, 2.45) is 11.7 Å². The van der Waals surface area contributed by atoms with Crippen LogP contribution in [-0.4, -0.2) is 84.9 Å². The van der Waals surface area contributed by atoms with Gasteiger partial charge < -0.3 is 35.4 Å². The number of aromatic nitrogens is 2. The molecule has 1 amide bonds. The molecule has 2 fully saturated rings. The summed E-state index contributed by atoms with van der Waals surface area (Å²) in [5.41, 5.74) is 7.61. The van der Waals surface area contributed by atoms with Crippen LogP contribution >= 0.6 is 0 Å². The molecule has 2 aromatic rings. The number of hydrogen-bond acceptors (Lipinski definition) is 10. The minimum Gasteiger partial charge on any atom is -0.434 e. The first-order valence-electron chi connectivity index (χ1n) is 13.0. The van der Waals surface area contributed by atoms with E-state index >= 15 is 0 Å². The molecule has 218 valence electrons.